The van der Waals surface area contributed by atoms with Gasteiger partial charge in [0.1, 0.15) is 5.76 Å². The Balaban J connectivity index is 2.42. The van der Waals surface area contributed by atoms with E-state index in [1.807, 2.05) is 0 Å². The number of carboxylic acids is 1. The van der Waals surface area contributed by atoms with E-state index in [0.717, 1.165) is 0 Å². The molecule has 0 aliphatic heterocycles. The zero-order chi connectivity index (χ0) is 12.3. The number of hydrogen-bond donors (Lipinski definition) is 1. The molecule has 1 aromatic carbocycles. The summed E-state index contributed by atoms with van der Waals surface area (Å²) in [5.41, 5.74) is 1.25. The number of rotatable bonds is 3. The molecule has 0 saturated carbocycles. The van der Waals surface area contributed by atoms with Crippen LogP contribution in [0, 0.1) is 0 Å². The minimum atomic E-state index is -0.989. The van der Waals surface area contributed by atoms with Crippen molar-refractivity contribution in [2.45, 2.75) is 6.92 Å². The van der Waals surface area contributed by atoms with E-state index in [0.29, 0.717) is 17.2 Å². The summed E-state index contributed by atoms with van der Waals surface area (Å²) >= 11 is 0. The highest BCUT2D eigenvalue weighted by molar-refractivity contribution is 6.00. The summed E-state index contributed by atoms with van der Waals surface area (Å²) < 4.78 is 5.19. The summed E-state index contributed by atoms with van der Waals surface area (Å²) in [6.07, 6.45) is 1.55. The molecule has 1 N–H and O–H groups in total. The highest BCUT2D eigenvalue weighted by atomic mass is 16.4. The van der Waals surface area contributed by atoms with Gasteiger partial charge in [-0.25, -0.2) is 9.79 Å². The van der Waals surface area contributed by atoms with Crippen molar-refractivity contribution in [1.29, 1.82) is 0 Å². The molecule has 17 heavy (non-hydrogen) atoms. The van der Waals surface area contributed by atoms with Crippen molar-refractivity contribution in [3.8, 4) is 0 Å². The van der Waals surface area contributed by atoms with Gasteiger partial charge in [0.15, 0.2) is 0 Å². The second-order valence-electron chi connectivity index (χ2n) is 3.50. The summed E-state index contributed by atoms with van der Waals surface area (Å²) in [4.78, 5) is 15.3. The van der Waals surface area contributed by atoms with Gasteiger partial charge < -0.3 is 9.52 Å². The molecule has 0 amide bonds. The van der Waals surface area contributed by atoms with E-state index in [1.165, 1.54) is 6.07 Å². The van der Waals surface area contributed by atoms with E-state index >= 15 is 0 Å². The fraction of sp³-hybridized carbons (Fsp3) is 0.0769. The zero-order valence-corrected chi connectivity index (χ0v) is 9.25. The maximum atomic E-state index is 11.0. The van der Waals surface area contributed by atoms with Gasteiger partial charge in [-0.1, -0.05) is 12.1 Å². The van der Waals surface area contributed by atoms with Gasteiger partial charge in [0.25, 0.3) is 0 Å². The van der Waals surface area contributed by atoms with E-state index in [9.17, 15) is 4.79 Å². The first kappa shape index (κ1) is 11.1. The van der Waals surface area contributed by atoms with Crippen molar-refractivity contribution in [3.63, 3.8) is 0 Å². The van der Waals surface area contributed by atoms with Gasteiger partial charge in [0, 0.05) is 0 Å². The lowest BCUT2D eigenvalue weighted by Crippen LogP contribution is -1.98. The number of aliphatic imine (C=N–C) groups is 1. The van der Waals surface area contributed by atoms with E-state index in [4.69, 9.17) is 9.52 Å². The first-order chi connectivity index (χ1) is 8.18. The second-order valence-corrected chi connectivity index (χ2v) is 3.50. The molecule has 0 aliphatic carbocycles. The SMILES string of the molecule is CC(=Nc1ccccc1C(=O)O)c1ccco1. The van der Waals surface area contributed by atoms with Crippen LogP contribution in [0.4, 0.5) is 5.69 Å². The average molecular weight is 229 g/mol. The van der Waals surface area contributed by atoms with E-state index in [-0.39, 0.29) is 5.56 Å². The molecule has 2 aromatic rings. The number of aromatic carboxylic acids is 1. The monoisotopic (exact) mass is 229 g/mol. The number of carboxylic acid groups (broad SMARTS) is 1. The molecule has 0 saturated heterocycles. The summed E-state index contributed by atoms with van der Waals surface area (Å²) in [6.45, 7) is 1.78. The summed E-state index contributed by atoms with van der Waals surface area (Å²) in [6, 6.07) is 10.2. The van der Waals surface area contributed by atoms with Crippen LogP contribution in [0.1, 0.15) is 23.0 Å². The Labute approximate surface area is 98.2 Å². The minimum Gasteiger partial charge on any atom is -0.478 e. The van der Waals surface area contributed by atoms with E-state index in [1.54, 1.807) is 43.5 Å². The molecule has 4 nitrogen and oxygen atoms in total. The molecule has 0 spiro atoms. The number of hydrogen-bond acceptors (Lipinski definition) is 3. The lowest BCUT2D eigenvalue weighted by Gasteiger charge is -2.01. The third kappa shape index (κ3) is 2.42. The molecule has 0 fully saturated rings. The largest absolute Gasteiger partial charge is 0.478 e. The van der Waals surface area contributed by atoms with Crippen LogP contribution >= 0.6 is 0 Å². The molecule has 86 valence electrons. The number of carbonyl (C=O) groups is 1. The van der Waals surface area contributed by atoms with Crippen LogP contribution in [-0.2, 0) is 0 Å². The maximum Gasteiger partial charge on any atom is 0.337 e. The van der Waals surface area contributed by atoms with Gasteiger partial charge in [-0.05, 0) is 31.2 Å². The number of benzene rings is 1. The van der Waals surface area contributed by atoms with E-state index in [2.05, 4.69) is 4.99 Å². The highest BCUT2D eigenvalue weighted by Gasteiger charge is 2.09. The van der Waals surface area contributed by atoms with Crippen LogP contribution in [0.5, 0.6) is 0 Å². The van der Waals surface area contributed by atoms with E-state index < -0.39 is 5.97 Å². The summed E-state index contributed by atoms with van der Waals surface area (Å²) in [5, 5.41) is 9.02. The van der Waals surface area contributed by atoms with Gasteiger partial charge >= 0.3 is 5.97 Å². The van der Waals surface area contributed by atoms with Crippen LogP contribution in [0.25, 0.3) is 0 Å². The molecule has 0 aliphatic rings. The molecule has 4 heteroatoms. The molecule has 0 radical (unpaired) electrons. The molecule has 1 aromatic heterocycles. The van der Waals surface area contributed by atoms with Gasteiger partial charge in [-0.3, -0.25) is 0 Å². The van der Waals surface area contributed by atoms with Crippen LogP contribution in [0.3, 0.4) is 0 Å². The average Bonchev–Trinajstić information content (AvgIpc) is 2.83. The fourth-order valence-corrected chi connectivity index (χ4v) is 1.47. The second kappa shape index (κ2) is 4.65. The third-order valence-corrected chi connectivity index (χ3v) is 2.30. The van der Waals surface area contributed by atoms with Gasteiger partial charge in [0.2, 0.25) is 0 Å². The predicted molar refractivity (Wildman–Crippen MR) is 64.0 cm³/mol. The lowest BCUT2D eigenvalue weighted by atomic mass is 10.2. The van der Waals surface area contributed by atoms with Crippen LogP contribution in [0.15, 0.2) is 52.1 Å². The molecule has 0 unspecified atom stereocenters. The normalized spacial score (nSPS) is 11.5. The molecular formula is C13H11NO3. The van der Waals surface area contributed by atoms with Crippen molar-refractivity contribution in [3.05, 3.63) is 54.0 Å². The molecule has 0 bridgehead atoms. The topological polar surface area (TPSA) is 62.8 Å². The Hall–Kier alpha value is -2.36. The maximum absolute atomic E-state index is 11.0. The Kier molecular flexibility index (Phi) is 3.05. The first-order valence-electron chi connectivity index (χ1n) is 5.10. The number of nitrogens with zero attached hydrogens (tertiary/aromatic N) is 1. The highest BCUT2D eigenvalue weighted by Crippen LogP contribution is 2.20. The number of furan rings is 1. The molecule has 1 heterocycles. The first-order valence-corrected chi connectivity index (χ1v) is 5.10. The quantitative estimate of drug-likeness (QED) is 0.822. The van der Waals surface area contributed by atoms with Crippen LogP contribution in [-0.4, -0.2) is 16.8 Å². The van der Waals surface area contributed by atoms with Gasteiger partial charge in [-0.15, -0.1) is 0 Å². The van der Waals surface area contributed by atoms with Gasteiger partial charge in [-0.2, -0.15) is 0 Å². The number of para-hydroxylation sites is 1. The summed E-state index contributed by atoms with van der Waals surface area (Å²) in [5.74, 6) is -0.359. The molecular weight excluding hydrogens is 218 g/mol. The predicted octanol–water partition coefficient (Wildman–Crippen LogP) is 3.12. The van der Waals surface area contributed by atoms with Crippen molar-refractivity contribution < 1.29 is 14.3 Å². The Bertz CT molecular complexity index is 556. The Morgan fingerprint density at radius 2 is 2.00 bits per heavy atom. The summed E-state index contributed by atoms with van der Waals surface area (Å²) in [7, 11) is 0. The Morgan fingerprint density at radius 3 is 2.65 bits per heavy atom. The lowest BCUT2D eigenvalue weighted by molar-refractivity contribution is 0.0698. The van der Waals surface area contributed by atoms with Crippen molar-refractivity contribution in [1.82, 2.24) is 0 Å². The molecule has 2 rings (SSSR count). The zero-order valence-electron chi connectivity index (χ0n) is 9.25. The third-order valence-electron chi connectivity index (χ3n) is 2.30. The minimum absolute atomic E-state index is 0.179. The Morgan fingerprint density at radius 1 is 1.24 bits per heavy atom. The molecule has 0 atom stereocenters. The van der Waals surface area contributed by atoms with Crippen molar-refractivity contribution in [2.75, 3.05) is 0 Å². The van der Waals surface area contributed by atoms with Crippen LogP contribution in [0.2, 0.25) is 0 Å². The fourth-order valence-electron chi connectivity index (χ4n) is 1.47. The van der Waals surface area contributed by atoms with Gasteiger partial charge in [0.05, 0.1) is 23.2 Å². The van der Waals surface area contributed by atoms with Crippen molar-refractivity contribution in [2.24, 2.45) is 4.99 Å². The standard InChI is InChI=1S/C13H11NO3/c1-9(12-7-4-8-17-12)14-11-6-3-2-5-10(11)13(15)16/h2-8H,1H3,(H,15,16). The van der Waals surface area contributed by atoms with Crippen LogP contribution < -0.4 is 0 Å². The smallest absolute Gasteiger partial charge is 0.337 e. The van der Waals surface area contributed by atoms with Crippen molar-refractivity contribution >= 4 is 17.4 Å².